The molecule has 0 radical (unpaired) electrons. The van der Waals surface area contributed by atoms with Crippen molar-refractivity contribution in [3.8, 4) is 0 Å². The predicted molar refractivity (Wildman–Crippen MR) is 103 cm³/mol. The largest absolute Gasteiger partial charge is 0.449 e. The van der Waals surface area contributed by atoms with Gasteiger partial charge in [-0.25, -0.2) is 9.48 Å². The first kappa shape index (κ1) is 20.6. The van der Waals surface area contributed by atoms with Crippen molar-refractivity contribution in [1.29, 1.82) is 0 Å². The Kier molecular flexibility index (Phi) is 6.31. The van der Waals surface area contributed by atoms with Crippen molar-refractivity contribution < 1.29 is 14.3 Å². The molecule has 1 aromatic heterocycles. The highest BCUT2D eigenvalue weighted by Crippen LogP contribution is 2.22. The maximum absolute atomic E-state index is 12.5. The topological polar surface area (TPSA) is 78.3 Å². The number of hydrogen-bond donors (Lipinski definition) is 0. The normalized spacial score (nSPS) is 12.5. The number of Topliss-reactive ketones (excluding diaryl/α,β-unsaturated/α-hetero) is 1. The number of hydrogen-bond acceptors (Lipinski definition) is 5. The SMILES string of the molecule is CCCn1nc(C(=O)OC(C)C(=O)c2ccc(C(C)(C)C)cc2)ccc1=O. The van der Waals surface area contributed by atoms with Gasteiger partial charge < -0.3 is 4.74 Å². The molecule has 0 saturated carbocycles. The Labute approximate surface area is 159 Å². The molecular formula is C21H26N2O4. The van der Waals surface area contributed by atoms with Crippen LogP contribution in [-0.4, -0.2) is 27.6 Å². The molecule has 0 aliphatic carbocycles. The summed E-state index contributed by atoms with van der Waals surface area (Å²) >= 11 is 0. The first-order chi connectivity index (χ1) is 12.6. The Morgan fingerprint density at radius 2 is 1.74 bits per heavy atom. The molecule has 144 valence electrons. The number of rotatable bonds is 6. The molecule has 6 nitrogen and oxygen atoms in total. The van der Waals surface area contributed by atoms with Crippen LogP contribution in [0.1, 0.15) is 67.4 Å². The van der Waals surface area contributed by atoms with Crippen molar-refractivity contribution in [3.05, 3.63) is 63.6 Å². The van der Waals surface area contributed by atoms with Gasteiger partial charge in [-0.2, -0.15) is 5.10 Å². The summed E-state index contributed by atoms with van der Waals surface area (Å²) in [7, 11) is 0. The van der Waals surface area contributed by atoms with Gasteiger partial charge in [0.2, 0.25) is 5.78 Å². The molecule has 0 N–H and O–H groups in total. The van der Waals surface area contributed by atoms with Gasteiger partial charge in [0.15, 0.2) is 11.8 Å². The average molecular weight is 370 g/mol. The van der Waals surface area contributed by atoms with Gasteiger partial charge in [0.1, 0.15) is 0 Å². The molecule has 0 saturated heterocycles. The Morgan fingerprint density at radius 1 is 1.11 bits per heavy atom. The molecule has 2 rings (SSSR count). The zero-order valence-corrected chi connectivity index (χ0v) is 16.5. The number of nitrogens with zero attached hydrogens (tertiary/aromatic N) is 2. The van der Waals surface area contributed by atoms with Crippen LogP contribution in [0.4, 0.5) is 0 Å². The maximum Gasteiger partial charge on any atom is 0.359 e. The summed E-state index contributed by atoms with van der Waals surface area (Å²) in [4.78, 5) is 36.5. The van der Waals surface area contributed by atoms with E-state index in [9.17, 15) is 14.4 Å². The summed E-state index contributed by atoms with van der Waals surface area (Å²) < 4.78 is 6.47. The first-order valence-electron chi connectivity index (χ1n) is 9.07. The molecule has 2 aromatic rings. The molecule has 0 aliphatic heterocycles. The molecule has 0 aliphatic rings. The lowest BCUT2D eigenvalue weighted by Crippen LogP contribution is -2.28. The van der Waals surface area contributed by atoms with Gasteiger partial charge in [0.05, 0.1) is 0 Å². The van der Waals surface area contributed by atoms with Crippen molar-refractivity contribution in [1.82, 2.24) is 9.78 Å². The number of carbonyl (C=O) groups is 2. The lowest BCUT2D eigenvalue weighted by molar-refractivity contribution is 0.0310. The van der Waals surface area contributed by atoms with E-state index in [-0.39, 0.29) is 22.5 Å². The number of ether oxygens (including phenoxy) is 1. The third-order valence-electron chi connectivity index (χ3n) is 4.20. The summed E-state index contributed by atoms with van der Waals surface area (Å²) in [5.41, 5.74) is 1.31. The van der Waals surface area contributed by atoms with Crippen LogP contribution in [0.5, 0.6) is 0 Å². The summed E-state index contributed by atoms with van der Waals surface area (Å²) in [5, 5.41) is 4.00. The van der Waals surface area contributed by atoms with E-state index in [1.807, 2.05) is 19.1 Å². The Bertz CT molecular complexity index is 876. The van der Waals surface area contributed by atoms with Gasteiger partial charge >= 0.3 is 5.97 Å². The van der Waals surface area contributed by atoms with Crippen LogP contribution in [0.2, 0.25) is 0 Å². The van der Waals surface area contributed by atoms with Gasteiger partial charge in [-0.15, -0.1) is 0 Å². The molecule has 1 aromatic carbocycles. The molecule has 0 amide bonds. The summed E-state index contributed by atoms with van der Waals surface area (Å²) in [6, 6.07) is 9.89. The lowest BCUT2D eigenvalue weighted by atomic mass is 9.86. The number of esters is 1. The van der Waals surface area contributed by atoms with Gasteiger partial charge in [-0.3, -0.25) is 9.59 Å². The van der Waals surface area contributed by atoms with E-state index in [1.54, 1.807) is 12.1 Å². The number of benzene rings is 1. The summed E-state index contributed by atoms with van der Waals surface area (Å²) in [6.45, 7) is 10.1. The molecule has 0 spiro atoms. The first-order valence-corrected chi connectivity index (χ1v) is 9.07. The monoisotopic (exact) mass is 370 g/mol. The lowest BCUT2D eigenvalue weighted by Gasteiger charge is -2.19. The van der Waals surface area contributed by atoms with E-state index < -0.39 is 12.1 Å². The minimum Gasteiger partial charge on any atom is -0.449 e. The smallest absolute Gasteiger partial charge is 0.359 e. The highest BCUT2D eigenvalue weighted by Gasteiger charge is 2.22. The second-order valence-corrected chi connectivity index (χ2v) is 7.52. The third-order valence-corrected chi connectivity index (χ3v) is 4.20. The van der Waals surface area contributed by atoms with Crippen LogP contribution in [0.3, 0.4) is 0 Å². The molecule has 1 heterocycles. The van der Waals surface area contributed by atoms with Gasteiger partial charge in [-0.05, 0) is 30.4 Å². The fourth-order valence-electron chi connectivity index (χ4n) is 2.57. The molecule has 0 fully saturated rings. The van der Waals surface area contributed by atoms with Crippen LogP contribution >= 0.6 is 0 Å². The van der Waals surface area contributed by atoms with Crippen LogP contribution in [0.15, 0.2) is 41.2 Å². The third kappa shape index (κ3) is 5.12. The molecule has 1 unspecified atom stereocenters. The molecule has 0 bridgehead atoms. The van der Waals surface area contributed by atoms with E-state index in [4.69, 9.17) is 4.74 Å². The summed E-state index contributed by atoms with van der Waals surface area (Å²) in [5.74, 6) is -1.02. The number of aryl methyl sites for hydroxylation is 1. The van der Waals surface area contributed by atoms with E-state index >= 15 is 0 Å². The molecule has 27 heavy (non-hydrogen) atoms. The molecule has 1 atom stereocenters. The van der Waals surface area contributed by atoms with Crippen LogP contribution in [-0.2, 0) is 16.7 Å². The van der Waals surface area contributed by atoms with Crippen LogP contribution in [0.25, 0.3) is 0 Å². The summed E-state index contributed by atoms with van der Waals surface area (Å²) in [6.07, 6.45) is -0.239. The van der Waals surface area contributed by atoms with Crippen molar-refractivity contribution in [2.24, 2.45) is 0 Å². The zero-order valence-electron chi connectivity index (χ0n) is 16.5. The second kappa shape index (κ2) is 8.29. The van der Waals surface area contributed by atoms with Crippen molar-refractivity contribution in [2.75, 3.05) is 0 Å². The molecular weight excluding hydrogens is 344 g/mol. The second-order valence-electron chi connectivity index (χ2n) is 7.52. The van der Waals surface area contributed by atoms with Gasteiger partial charge in [0, 0.05) is 18.2 Å². The van der Waals surface area contributed by atoms with Crippen molar-refractivity contribution >= 4 is 11.8 Å². The highest BCUT2D eigenvalue weighted by molar-refractivity contribution is 6.01. The van der Waals surface area contributed by atoms with Crippen molar-refractivity contribution in [2.45, 2.75) is 59.1 Å². The van der Waals surface area contributed by atoms with Crippen LogP contribution in [0, 0.1) is 0 Å². The zero-order chi connectivity index (χ0) is 20.2. The standard InChI is InChI=1S/C21H26N2O4/c1-6-13-23-18(24)12-11-17(22-23)20(26)27-14(2)19(25)15-7-9-16(10-8-15)21(3,4)5/h7-12,14H,6,13H2,1-5H3. The van der Waals surface area contributed by atoms with Gasteiger partial charge in [0.25, 0.3) is 5.56 Å². The number of aromatic nitrogens is 2. The predicted octanol–water partition coefficient (Wildman–Crippen LogP) is 3.38. The average Bonchev–Trinajstić information content (AvgIpc) is 2.62. The van der Waals surface area contributed by atoms with Gasteiger partial charge in [-0.1, -0.05) is 52.0 Å². The number of ketones is 1. The van der Waals surface area contributed by atoms with Crippen molar-refractivity contribution in [3.63, 3.8) is 0 Å². The Hall–Kier alpha value is -2.76. The fraction of sp³-hybridized carbons (Fsp3) is 0.429. The minimum atomic E-state index is -0.952. The van der Waals surface area contributed by atoms with E-state index in [0.717, 1.165) is 5.56 Å². The minimum absolute atomic E-state index is 0.00535. The highest BCUT2D eigenvalue weighted by atomic mass is 16.5. The van der Waals surface area contributed by atoms with Crippen LogP contribution < -0.4 is 5.56 Å². The molecule has 6 heteroatoms. The van der Waals surface area contributed by atoms with E-state index in [2.05, 4.69) is 25.9 Å². The Balaban J connectivity index is 2.11. The maximum atomic E-state index is 12.5. The van der Waals surface area contributed by atoms with E-state index in [0.29, 0.717) is 18.5 Å². The fourth-order valence-corrected chi connectivity index (χ4v) is 2.57. The number of carbonyl (C=O) groups excluding carboxylic acids is 2. The quantitative estimate of drug-likeness (QED) is 0.575. The Morgan fingerprint density at radius 3 is 2.30 bits per heavy atom. The van der Waals surface area contributed by atoms with E-state index in [1.165, 1.54) is 23.7 Å².